The van der Waals surface area contributed by atoms with Crippen molar-refractivity contribution < 1.29 is 67.3 Å². The Morgan fingerprint density at radius 3 is 0.870 bits per heavy atom. The van der Waals surface area contributed by atoms with Crippen LogP contribution in [0.25, 0.3) is 0 Å². The molecule has 0 atom stereocenters. The molecular formula is C10H16CoN2O10-4. The Kier molecular flexibility index (Phi) is 19.3. The standard InChI is InChI=1S/C10H16N2O8.Co.2H2O/c13-7(14)3-11(4-8(15)16)1-2-12(5-9(17)18)6-10(19)20;;;/h1-6H2,(H,13,14)(H,15,16)(H,17,18)(H,19,20);;2*1H2/p-4. The van der Waals surface area contributed by atoms with Gasteiger partial charge >= 0.3 is 0 Å². The third-order valence-corrected chi connectivity index (χ3v) is 2.14. The summed E-state index contributed by atoms with van der Waals surface area (Å²) in [5, 5.41) is 41.6. The van der Waals surface area contributed by atoms with Crippen LogP contribution in [-0.4, -0.2) is 83.9 Å². The molecule has 13 heteroatoms. The molecule has 0 amide bonds. The molecule has 1 radical (unpaired) electrons. The molecule has 0 aliphatic heterocycles. The van der Waals surface area contributed by atoms with Crippen LogP contribution in [0.3, 0.4) is 0 Å². The van der Waals surface area contributed by atoms with E-state index in [9.17, 15) is 39.6 Å². The molecule has 0 saturated heterocycles. The van der Waals surface area contributed by atoms with Gasteiger partial charge in [-0.25, -0.2) is 0 Å². The van der Waals surface area contributed by atoms with Gasteiger partial charge in [0.05, 0.1) is 23.9 Å². The molecular weight excluding hydrogens is 367 g/mol. The van der Waals surface area contributed by atoms with E-state index in [0.717, 1.165) is 9.80 Å². The van der Waals surface area contributed by atoms with Gasteiger partial charge in [-0.3, -0.25) is 9.80 Å². The first-order valence-corrected chi connectivity index (χ1v) is 5.44. The van der Waals surface area contributed by atoms with Crippen LogP contribution in [0.4, 0.5) is 0 Å². The van der Waals surface area contributed by atoms with Crippen LogP contribution in [0, 0.1) is 0 Å². The number of aliphatic carboxylic acids is 4. The summed E-state index contributed by atoms with van der Waals surface area (Å²) >= 11 is 0. The van der Waals surface area contributed by atoms with Crippen molar-refractivity contribution in [3.63, 3.8) is 0 Å². The maximum absolute atomic E-state index is 10.4. The van der Waals surface area contributed by atoms with Gasteiger partial charge in [-0.15, -0.1) is 0 Å². The molecule has 0 fully saturated rings. The molecule has 0 rings (SSSR count). The predicted octanol–water partition coefficient (Wildman–Crippen LogP) is -9.06. The van der Waals surface area contributed by atoms with Gasteiger partial charge in [0.25, 0.3) is 0 Å². The van der Waals surface area contributed by atoms with E-state index in [-0.39, 0.29) is 40.8 Å². The number of carbonyl (C=O) groups is 4. The average molecular weight is 383 g/mol. The first kappa shape index (κ1) is 29.3. The van der Waals surface area contributed by atoms with E-state index in [1.54, 1.807) is 0 Å². The Hall–Kier alpha value is -1.77. The average Bonchev–Trinajstić information content (AvgIpc) is 2.22. The largest absolute Gasteiger partial charge is 0.549 e. The molecule has 0 bridgehead atoms. The molecule has 0 aliphatic rings. The second kappa shape index (κ2) is 15.1. The molecule has 0 aromatic heterocycles. The second-order valence-electron chi connectivity index (χ2n) is 3.91. The first-order chi connectivity index (χ1) is 9.20. The van der Waals surface area contributed by atoms with E-state index >= 15 is 0 Å². The van der Waals surface area contributed by atoms with E-state index in [2.05, 4.69) is 0 Å². The van der Waals surface area contributed by atoms with E-state index in [1.807, 2.05) is 0 Å². The van der Waals surface area contributed by atoms with Crippen molar-refractivity contribution in [3.8, 4) is 0 Å². The Labute approximate surface area is 141 Å². The molecule has 0 aromatic rings. The summed E-state index contributed by atoms with van der Waals surface area (Å²) in [6, 6.07) is 0. The fourth-order valence-electron chi connectivity index (χ4n) is 1.44. The first-order valence-electron chi connectivity index (χ1n) is 5.44. The van der Waals surface area contributed by atoms with Crippen molar-refractivity contribution in [3.05, 3.63) is 0 Å². The third-order valence-electron chi connectivity index (χ3n) is 2.14. The summed E-state index contributed by atoms with van der Waals surface area (Å²) in [7, 11) is 0. The summed E-state index contributed by atoms with van der Waals surface area (Å²) in [6.45, 7) is -3.25. The maximum Gasteiger partial charge on any atom is 0.0555 e. The van der Waals surface area contributed by atoms with Crippen molar-refractivity contribution >= 4 is 23.9 Å². The Morgan fingerprint density at radius 2 is 0.739 bits per heavy atom. The Balaban J connectivity index is -0.000000602. The smallest absolute Gasteiger partial charge is 0.0555 e. The minimum atomic E-state index is -1.53. The van der Waals surface area contributed by atoms with Gasteiger partial charge in [0.1, 0.15) is 0 Å². The summed E-state index contributed by atoms with van der Waals surface area (Å²) in [5.41, 5.74) is 0. The van der Waals surface area contributed by atoms with Gasteiger partial charge in [-0.1, -0.05) is 0 Å². The van der Waals surface area contributed by atoms with Gasteiger partial charge in [-0.05, 0) is 0 Å². The summed E-state index contributed by atoms with van der Waals surface area (Å²) in [5.74, 6) is -6.12. The molecule has 0 unspecified atom stereocenters. The van der Waals surface area contributed by atoms with Crippen LogP contribution in [0.5, 0.6) is 0 Å². The van der Waals surface area contributed by atoms with Crippen LogP contribution in [0.1, 0.15) is 0 Å². The quantitative estimate of drug-likeness (QED) is 0.327. The van der Waals surface area contributed by atoms with Crippen molar-refractivity contribution in [2.45, 2.75) is 0 Å². The van der Waals surface area contributed by atoms with Gasteiger partial charge in [0.2, 0.25) is 0 Å². The molecule has 0 aliphatic carbocycles. The van der Waals surface area contributed by atoms with Gasteiger partial charge in [0, 0.05) is 56.0 Å². The number of nitrogens with zero attached hydrogens (tertiary/aromatic N) is 2. The van der Waals surface area contributed by atoms with E-state index in [1.165, 1.54) is 0 Å². The minimum absolute atomic E-state index is 0. The summed E-state index contributed by atoms with van der Waals surface area (Å²) in [4.78, 5) is 43.4. The normalized spacial score (nSPS) is 9.30. The zero-order valence-electron chi connectivity index (χ0n) is 11.7. The number of hydrogen-bond donors (Lipinski definition) is 0. The van der Waals surface area contributed by atoms with E-state index < -0.39 is 50.1 Å². The fraction of sp³-hybridized carbons (Fsp3) is 0.600. The molecule has 0 aromatic carbocycles. The number of rotatable bonds is 11. The molecule has 0 saturated carbocycles. The second-order valence-corrected chi connectivity index (χ2v) is 3.91. The van der Waals surface area contributed by atoms with E-state index in [0.29, 0.717) is 0 Å². The monoisotopic (exact) mass is 383 g/mol. The zero-order valence-corrected chi connectivity index (χ0v) is 12.8. The molecule has 4 N–H and O–H groups in total. The minimum Gasteiger partial charge on any atom is -0.549 e. The number of carbonyl (C=O) groups excluding carboxylic acids is 4. The molecule has 139 valence electrons. The van der Waals surface area contributed by atoms with Gasteiger partial charge < -0.3 is 50.6 Å². The van der Waals surface area contributed by atoms with Crippen LogP contribution < -0.4 is 20.4 Å². The maximum atomic E-state index is 10.4. The summed E-state index contributed by atoms with van der Waals surface area (Å²) < 4.78 is 0. The molecule has 0 heterocycles. The topological polar surface area (TPSA) is 230 Å². The van der Waals surface area contributed by atoms with Crippen LogP contribution in [0.2, 0.25) is 0 Å². The van der Waals surface area contributed by atoms with E-state index in [4.69, 9.17) is 0 Å². The van der Waals surface area contributed by atoms with Crippen molar-refractivity contribution in [1.82, 2.24) is 9.80 Å². The molecule has 12 nitrogen and oxygen atoms in total. The predicted molar refractivity (Wildman–Crippen MR) is 60.1 cm³/mol. The SMILES string of the molecule is O.O.O=C([O-])CN(CCN(CC(=O)[O-])CC(=O)[O-])CC(=O)[O-].[Co]. The van der Waals surface area contributed by atoms with Crippen LogP contribution >= 0.6 is 0 Å². The molecule has 23 heavy (non-hydrogen) atoms. The number of hydrogen-bond acceptors (Lipinski definition) is 10. The van der Waals surface area contributed by atoms with Crippen molar-refractivity contribution in [2.75, 3.05) is 39.3 Å². The van der Waals surface area contributed by atoms with Crippen LogP contribution in [0.15, 0.2) is 0 Å². The van der Waals surface area contributed by atoms with Crippen molar-refractivity contribution in [1.29, 1.82) is 0 Å². The van der Waals surface area contributed by atoms with Crippen molar-refractivity contribution in [2.24, 2.45) is 0 Å². The van der Waals surface area contributed by atoms with Gasteiger partial charge in [-0.2, -0.15) is 0 Å². The fourth-order valence-corrected chi connectivity index (χ4v) is 1.44. The Bertz CT molecular complexity index is 324. The number of carboxylic acids is 4. The molecule has 0 spiro atoms. The Morgan fingerprint density at radius 1 is 0.565 bits per heavy atom. The zero-order chi connectivity index (χ0) is 15.7. The summed E-state index contributed by atoms with van der Waals surface area (Å²) in [6.07, 6.45) is 0. The third kappa shape index (κ3) is 18.2. The van der Waals surface area contributed by atoms with Crippen LogP contribution in [-0.2, 0) is 36.0 Å². The number of carboxylic acid groups (broad SMARTS) is 4. The van der Waals surface area contributed by atoms with Gasteiger partial charge in [0.15, 0.2) is 0 Å².